The number of benzene rings is 5. The van der Waals surface area contributed by atoms with E-state index in [1.54, 1.807) is 0 Å². The van der Waals surface area contributed by atoms with Crippen LogP contribution in [-0.4, -0.2) is 17.8 Å². The van der Waals surface area contributed by atoms with Crippen molar-refractivity contribution in [2.45, 2.75) is 18.0 Å². The van der Waals surface area contributed by atoms with Gasteiger partial charge >= 0.3 is 0 Å². The van der Waals surface area contributed by atoms with Crippen molar-refractivity contribution in [3.05, 3.63) is 182 Å². The van der Waals surface area contributed by atoms with Crippen LogP contribution in [0.1, 0.15) is 11.5 Å². The number of para-hydroxylation sites is 1. The Morgan fingerprint density at radius 1 is 0.522 bits per heavy atom. The quantitative estimate of drug-likeness (QED) is 0.196. The Labute approximate surface area is 269 Å². The summed E-state index contributed by atoms with van der Waals surface area (Å²) in [6.45, 7) is 0. The first-order chi connectivity index (χ1) is 22.8. The first-order valence-corrected chi connectivity index (χ1v) is 15.9. The topological polar surface area (TPSA) is 22.1 Å². The molecule has 0 radical (unpaired) electrons. The molecule has 0 saturated carbocycles. The summed E-state index contributed by atoms with van der Waals surface area (Å²) < 4.78 is 0. The minimum Gasteiger partial charge on any atom is -0.333 e. The van der Waals surface area contributed by atoms with Gasteiger partial charge in [-0.1, -0.05) is 103 Å². The van der Waals surface area contributed by atoms with Gasteiger partial charge in [0.15, 0.2) is 0 Å². The number of allylic oxidation sites excluding steroid dienone is 4. The second-order valence-corrected chi connectivity index (χ2v) is 12.1. The monoisotopic (exact) mass is 592 g/mol. The second-order valence-electron chi connectivity index (χ2n) is 12.1. The Balaban J connectivity index is 1.07. The van der Waals surface area contributed by atoms with Gasteiger partial charge in [-0.05, 0) is 89.5 Å². The van der Waals surface area contributed by atoms with Crippen molar-refractivity contribution in [2.75, 3.05) is 14.8 Å². The van der Waals surface area contributed by atoms with Crippen LogP contribution < -0.4 is 14.8 Å². The average molecular weight is 593 g/mol. The molecule has 2 aliphatic carbocycles. The number of hydrazone groups is 1. The highest BCUT2D eigenvalue weighted by Gasteiger charge is 2.37. The van der Waals surface area contributed by atoms with Gasteiger partial charge < -0.3 is 9.80 Å². The van der Waals surface area contributed by atoms with Gasteiger partial charge in [-0.2, -0.15) is 5.10 Å². The zero-order chi connectivity index (χ0) is 30.5. The van der Waals surface area contributed by atoms with Crippen molar-refractivity contribution in [1.82, 2.24) is 0 Å². The maximum Gasteiger partial charge on any atom is 0.115 e. The van der Waals surface area contributed by atoms with E-state index in [0.717, 1.165) is 28.5 Å². The van der Waals surface area contributed by atoms with E-state index in [1.807, 2.05) is 6.08 Å². The van der Waals surface area contributed by atoms with Gasteiger partial charge in [0.1, 0.15) is 6.04 Å². The summed E-state index contributed by atoms with van der Waals surface area (Å²) in [7, 11) is 0. The fraction of sp³-hybridized carbons (Fsp3) is 0.0714. The molecule has 2 heterocycles. The van der Waals surface area contributed by atoms with Gasteiger partial charge in [0.2, 0.25) is 0 Å². The van der Waals surface area contributed by atoms with Crippen molar-refractivity contribution in [2.24, 2.45) is 5.10 Å². The lowest BCUT2D eigenvalue weighted by Gasteiger charge is -2.37. The summed E-state index contributed by atoms with van der Waals surface area (Å²) in [6, 6.07) is 46.5. The van der Waals surface area contributed by atoms with Crippen LogP contribution in [0, 0.1) is 0 Å². The third-order valence-electron chi connectivity index (χ3n) is 9.41. The van der Waals surface area contributed by atoms with Gasteiger partial charge in [-0.15, -0.1) is 0 Å². The number of hydrogen-bond acceptors (Lipinski definition) is 4. The van der Waals surface area contributed by atoms with Crippen molar-refractivity contribution in [1.29, 1.82) is 0 Å². The van der Waals surface area contributed by atoms with E-state index in [1.165, 1.54) is 28.1 Å². The number of rotatable bonds is 6. The Morgan fingerprint density at radius 3 is 1.87 bits per heavy atom. The smallest absolute Gasteiger partial charge is 0.115 e. The van der Waals surface area contributed by atoms with Crippen LogP contribution in [-0.2, 0) is 0 Å². The summed E-state index contributed by atoms with van der Waals surface area (Å²) in [5, 5.41) is 6.81. The predicted molar refractivity (Wildman–Crippen MR) is 192 cm³/mol. The minimum atomic E-state index is 0.217. The molecule has 5 aromatic rings. The van der Waals surface area contributed by atoms with Crippen LogP contribution in [0.4, 0.5) is 34.1 Å². The highest BCUT2D eigenvalue weighted by molar-refractivity contribution is 6.08. The second kappa shape index (κ2) is 10.9. The highest BCUT2D eigenvalue weighted by Crippen LogP contribution is 2.48. The average Bonchev–Trinajstić information content (AvgIpc) is 3.45. The fourth-order valence-corrected chi connectivity index (χ4v) is 7.16. The van der Waals surface area contributed by atoms with Crippen molar-refractivity contribution >= 4 is 39.8 Å². The minimum absolute atomic E-state index is 0.217. The van der Waals surface area contributed by atoms with Gasteiger partial charge in [-0.3, -0.25) is 5.01 Å². The molecule has 5 aromatic carbocycles. The Morgan fingerprint density at radius 2 is 1.13 bits per heavy atom. The molecule has 0 bridgehead atoms. The molecule has 0 aromatic heterocycles. The largest absolute Gasteiger partial charge is 0.333 e. The molecule has 9 rings (SSSR count). The van der Waals surface area contributed by atoms with Gasteiger partial charge in [0, 0.05) is 34.4 Å². The Hall–Kier alpha value is -5.87. The molecule has 0 saturated heterocycles. The Bertz CT molecular complexity index is 2050. The van der Waals surface area contributed by atoms with E-state index >= 15 is 0 Å². The zero-order valence-electron chi connectivity index (χ0n) is 25.3. The summed E-state index contributed by atoms with van der Waals surface area (Å²) in [6.07, 6.45) is 17.4. The molecule has 4 heteroatoms. The predicted octanol–water partition coefficient (Wildman–Crippen LogP) is 10.2. The lowest BCUT2D eigenvalue weighted by Crippen LogP contribution is -2.46. The standard InChI is InChI=1S/C42H32N4/c1-2-10-30(11-3-1)31-18-20-32(21-19-31)44(34-26-28-36(29-27-34)46-42-17-9-6-14-39(42)43-46)33-22-24-35(25-23-33)45-40-15-7-4-12-37(40)38-13-5-8-16-41(38)45/h1-29,37,40,42H. The van der Waals surface area contributed by atoms with Crippen molar-refractivity contribution in [3.8, 4) is 11.1 Å². The van der Waals surface area contributed by atoms with Crippen LogP contribution in [0.25, 0.3) is 11.1 Å². The Kier molecular flexibility index (Phi) is 6.31. The van der Waals surface area contributed by atoms with E-state index in [2.05, 4.69) is 185 Å². The van der Waals surface area contributed by atoms with Crippen LogP contribution in [0.5, 0.6) is 0 Å². The van der Waals surface area contributed by atoms with E-state index in [0.29, 0.717) is 5.92 Å². The number of hydrogen-bond donors (Lipinski definition) is 0. The summed E-state index contributed by atoms with van der Waals surface area (Å²) in [5.74, 6) is 0.367. The number of anilines is 6. The summed E-state index contributed by atoms with van der Waals surface area (Å²) in [4.78, 5) is 4.81. The lowest BCUT2D eigenvalue weighted by atomic mass is 9.91. The van der Waals surface area contributed by atoms with Crippen LogP contribution >= 0.6 is 0 Å². The molecule has 0 amide bonds. The maximum absolute atomic E-state index is 4.72. The van der Waals surface area contributed by atoms with Gasteiger partial charge in [0.25, 0.3) is 0 Å². The van der Waals surface area contributed by atoms with Gasteiger partial charge in [-0.25, -0.2) is 0 Å². The van der Waals surface area contributed by atoms with Crippen LogP contribution in [0.3, 0.4) is 0 Å². The lowest BCUT2D eigenvalue weighted by molar-refractivity contribution is 0.745. The molecule has 4 aliphatic rings. The molecule has 0 N–H and O–H groups in total. The van der Waals surface area contributed by atoms with Crippen molar-refractivity contribution < 1.29 is 0 Å². The summed E-state index contributed by atoms with van der Waals surface area (Å²) in [5.41, 5.74) is 11.8. The third-order valence-corrected chi connectivity index (χ3v) is 9.41. The first kappa shape index (κ1) is 26.5. The molecule has 220 valence electrons. The van der Waals surface area contributed by atoms with Crippen LogP contribution in [0.2, 0.25) is 0 Å². The van der Waals surface area contributed by atoms with Gasteiger partial charge in [0.05, 0.1) is 17.4 Å². The molecular formula is C42H32N4. The zero-order valence-corrected chi connectivity index (χ0v) is 25.3. The third kappa shape index (κ3) is 4.41. The molecule has 3 unspecified atom stereocenters. The van der Waals surface area contributed by atoms with E-state index in [-0.39, 0.29) is 12.1 Å². The summed E-state index contributed by atoms with van der Waals surface area (Å²) >= 11 is 0. The molecule has 0 spiro atoms. The van der Waals surface area contributed by atoms with Crippen molar-refractivity contribution in [3.63, 3.8) is 0 Å². The van der Waals surface area contributed by atoms with E-state index in [4.69, 9.17) is 5.10 Å². The first-order valence-electron chi connectivity index (χ1n) is 15.9. The molecule has 0 fully saturated rings. The highest BCUT2D eigenvalue weighted by atomic mass is 15.5. The number of nitrogens with zero attached hydrogens (tertiary/aromatic N) is 4. The molecule has 46 heavy (non-hydrogen) atoms. The van der Waals surface area contributed by atoms with E-state index < -0.39 is 0 Å². The van der Waals surface area contributed by atoms with E-state index in [9.17, 15) is 0 Å². The molecule has 3 atom stereocenters. The fourth-order valence-electron chi connectivity index (χ4n) is 7.16. The number of fused-ring (bicyclic) bond motifs is 4. The molecule has 4 nitrogen and oxygen atoms in total. The SMILES string of the molecule is C1=CC2=NN(c3ccc(N(c4ccc(-c5ccccc5)cc4)c4ccc(N5c6ccccc6C6C=CC=CC65)cc4)cc3)C2C=C1. The molecule has 2 aliphatic heterocycles. The van der Waals surface area contributed by atoms with Crippen LogP contribution in [0.15, 0.2) is 181 Å². The maximum atomic E-state index is 4.72. The normalized spacial score (nSPS) is 20.1. The molecular weight excluding hydrogens is 560 g/mol.